The number of hydrogen-bond acceptors (Lipinski definition) is 4. The fourth-order valence-corrected chi connectivity index (χ4v) is 2.18. The number of aliphatic carboxylic acids is 4. The Balaban J connectivity index is 6.39. The molecule has 114 valence electrons. The molecule has 0 aliphatic rings. The molecule has 20 heavy (non-hydrogen) atoms. The molecule has 0 saturated carbocycles. The second-order valence-electron chi connectivity index (χ2n) is 5.57. The van der Waals surface area contributed by atoms with Gasteiger partial charge < -0.3 is 20.4 Å². The van der Waals surface area contributed by atoms with Crippen LogP contribution in [0.2, 0.25) is 0 Å². The van der Waals surface area contributed by atoms with E-state index in [1.165, 1.54) is 0 Å². The Hall–Kier alpha value is -2.12. The van der Waals surface area contributed by atoms with Crippen molar-refractivity contribution in [3.8, 4) is 0 Å². The van der Waals surface area contributed by atoms with Gasteiger partial charge in [0.25, 0.3) is 0 Å². The molecule has 0 heterocycles. The number of carboxylic acids is 4. The zero-order valence-electron chi connectivity index (χ0n) is 11.6. The number of carbonyl (C=O) groups is 4. The maximum atomic E-state index is 11.6. The van der Waals surface area contributed by atoms with Gasteiger partial charge in [0.2, 0.25) is 0 Å². The fraction of sp³-hybridized carbons (Fsp3) is 0.667. The summed E-state index contributed by atoms with van der Waals surface area (Å²) in [5.74, 6) is -6.42. The van der Waals surface area contributed by atoms with Gasteiger partial charge in [-0.1, -0.05) is 0 Å². The van der Waals surface area contributed by atoms with Gasteiger partial charge in [-0.2, -0.15) is 0 Å². The van der Waals surface area contributed by atoms with Crippen molar-refractivity contribution in [3.05, 3.63) is 0 Å². The van der Waals surface area contributed by atoms with Crippen LogP contribution in [0, 0.1) is 16.2 Å². The van der Waals surface area contributed by atoms with Crippen LogP contribution in [-0.4, -0.2) is 44.3 Å². The minimum atomic E-state index is -2.34. The lowest BCUT2D eigenvalue weighted by Crippen LogP contribution is -2.60. The van der Waals surface area contributed by atoms with Gasteiger partial charge in [0.05, 0.1) is 22.7 Å². The Morgan fingerprint density at radius 1 is 0.750 bits per heavy atom. The van der Waals surface area contributed by atoms with Crippen molar-refractivity contribution in [2.45, 2.75) is 34.1 Å². The first kappa shape index (κ1) is 17.9. The summed E-state index contributed by atoms with van der Waals surface area (Å²) in [7, 11) is 0. The third-order valence-corrected chi connectivity index (χ3v) is 4.29. The lowest BCUT2D eigenvalue weighted by atomic mass is 9.52. The molecule has 0 rings (SSSR count). The van der Waals surface area contributed by atoms with Crippen LogP contribution in [0.25, 0.3) is 0 Å². The summed E-state index contributed by atoms with van der Waals surface area (Å²) in [4.78, 5) is 45.2. The third kappa shape index (κ3) is 2.33. The number of carboxylic acid groups (broad SMARTS) is 4. The molecule has 0 aliphatic heterocycles. The summed E-state index contributed by atoms with van der Waals surface area (Å²) in [6.07, 6.45) is -1.01. The van der Waals surface area contributed by atoms with Crippen LogP contribution in [0.4, 0.5) is 0 Å². The molecular formula is C12H18O8. The molecule has 0 bridgehead atoms. The minimum Gasteiger partial charge on any atom is -0.481 e. The molecule has 2 atom stereocenters. The van der Waals surface area contributed by atoms with Crippen molar-refractivity contribution in [3.63, 3.8) is 0 Å². The van der Waals surface area contributed by atoms with E-state index in [1.54, 1.807) is 0 Å². The molecule has 0 aromatic carbocycles. The van der Waals surface area contributed by atoms with Crippen LogP contribution in [0.1, 0.15) is 34.1 Å². The lowest BCUT2D eigenvalue weighted by molar-refractivity contribution is -0.194. The van der Waals surface area contributed by atoms with Gasteiger partial charge in [-0.25, -0.2) is 0 Å². The van der Waals surface area contributed by atoms with Gasteiger partial charge in [-0.05, 0) is 27.7 Å². The Kier molecular flexibility index (Phi) is 4.56. The third-order valence-electron chi connectivity index (χ3n) is 4.29. The highest BCUT2D eigenvalue weighted by Crippen LogP contribution is 2.54. The van der Waals surface area contributed by atoms with Crippen LogP contribution < -0.4 is 0 Å². The zero-order valence-corrected chi connectivity index (χ0v) is 11.6. The van der Waals surface area contributed by atoms with E-state index >= 15 is 0 Å². The highest BCUT2D eigenvalue weighted by molar-refractivity contribution is 5.94. The average Bonchev–Trinajstić information content (AvgIpc) is 2.25. The van der Waals surface area contributed by atoms with Crippen molar-refractivity contribution < 1.29 is 39.6 Å². The van der Waals surface area contributed by atoms with Crippen molar-refractivity contribution in [2.24, 2.45) is 16.2 Å². The van der Waals surface area contributed by atoms with Crippen LogP contribution in [0.5, 0.6) is 0 Å². The van der Waals surface area contributed by atoms with Crippen LogP contribution in [-0.2, 0) is 19.2 Å². The van der Waals surface area contributed by atoms with Crippen molar-refractivity contribution in [1.29, 1.82) is 0 Å². The van der Waals surface area contributed by atoms with Gasteiger partial charge in [0, 0.05) is 0 Å². The SMILES string of the molecule is CC(C)(C(=O)O)C(C)(C(=O)O)C(C)(CC(=O)O)C(=O)O. The van der Waals surface area contributed by atoms with E-state index < -0.39 is 46.5 Å². The smallest absolute Gasteiger partial charge is 0.311 e. The second kappa shape index (κ2) is 5.10. The Bertz CT molecular complexity index is 466. The molecule has 0 fully saturated rings. The van der Waals surface area contributed by atoms with Crippen molar-refractivity contribution >= 4 is 23.9 Å². The maximum absolute atomic E-state index is 11.6. The van der Waals surface area contributed by atoms with Gasteiger partial charge in [-0.15, -0.1) is 0 Å². The van der Waals surface area contributed by atoms with Gasteiger partial charge in [-0.3, -0.25) is 19.2 Å². The molecule has 0 amide bonds. The quantitative estimate of drug-likeness (QED) is 0.536. The molecule has 0 saturated heterocycles. The zero-order chi connectivity index (χ0) is 16.5. The largest absolute Gasteiger partial charge is 0.481 e. The Morgan fingerprint density at radius 2 is 1.15 bits per heavy atom. The van der Waals surface area contributed by atoms with E-state index in [0.29, 0.717) is 0 Å². The average molecular weight is 290 g/mol. The Labute approximate surface area is 115 Å². The number of hydrogen-bond donors (Lipinski definition) is 4. The number of rotatable bonds is 7. The summed E-state index contributed by atoms with van der Waals surface area (Å²) < 4.78 is 0. The van der Waals surface area contributed by atoms with Crippen molar-refractivity contribution in [2.75, 3.05) is 0 Å². The molecule has 8 nitrogen and oxygen atoms in total. The normalized spacial score (nSPS) is 17.6. The van der Waals surface area contributed by atoms with Crippen LogP contribution >= 0.6 is 0 Å². The van der Waals surface area contributed by atoms with Gasteiger partial charge in [0.1, 0.15) is 0 Å². The molecule has 0 aliphatic carbocycles. The predicted octanol–water partition coefficient (Wildman–Crippen LogP) is 0.754. The first-order valence-corrected chi connectivity index (χ1v) is 5.67. The first-order chi connectivity index (χ1) is 8.75. The standard InChI is InChI=1S/C12H18O8/c1-10(2,7(15)16)12(4,9(19)20)11(3,8(17)18)5-6(13)14/h5H2,1-4H3,(H,13,14)(H,15,16)(H,17,18)(H,19,20). The summed E-state index contributed by atoms with van der Waals surface area (Å²) in [6, 6.07) is 0. The predicted molar refractivity (Wildman–Crippen MR) is 65.2 cm³/mol. The molecule has 0 aromatic heterocycles. The Morgan fingerprint density at radius 3 is 1.35 bits per heavy atom. The van der Waals surface area contributed by atoms with E-state index in [9.17, 15) is 34.5 Å². The van der Waals surface area contributed by atoms with E-state index in [0.717, 1.165) is 27.7 Å². The van der Waals surface area contributed by atoms with E-state index in [1.807, 2.05) is 0 Å². The summed E-state index contributed by atoms with van der Waals surface area (Å²) in [6.45, 7) is 4.00. The highest BCUT2D eigenvalue weighted by Gasteiger charge is 2.66. The fourth-order valence-electron chi connectivity index (χ4n) is 2.18. The second-order valence-corrected chi connectivity index (χ2v) is 5.57. The molecular weight excluding hydrogens is 272 g/mol. The summed E-state index contributed by atoms with van der Waals surface area (Å²) >= 11 is 0. The molecule has 0 radical (unpaired) electrons. The summed E-state index contributed by atoms with van der Waals surface area (Å²) in [5, 5.41) is 36.7. The minimum absolute atomic E-state index is 0.933. The van der Waals surface area contributed by atoms with E-state index in [2.05, 4.69) is 0 Å². The van der Waals surface area contributed by atoms with E-state index in [-0.39, 0.29) is 0 Å². The van der Waals surface area contributed by atoms with Crippen LogP contribution in [0.15, 0.2) is 0 Å². The molecule has 4 N–H and O–H groups in total. The monoisotopic (exact) mass is 290 g/mol. The molecule has 0 aromatic rings. The first-order valence-electron chi connectivity index (χ1n) is 5.67. The summed E-state index contributed by atoms with van der Waals surface area (Å²) in [5.41, 5.74) is -6.63. The maximum Gasteiger partial charge on any atom is 0.311 e. The van der Waals surface area contributed by atoms with Crippen molar-refractivity contribution in [1.82, 2.24) is 0 Å². The van der Waals surface area contributed by atoms with E-state index in [4.69, 9.17) is 5.11 Å². The van der Waals surface area contributed by atoms with Crippen LogP contribution in [0.3, 0.4) is 0 Å². The molecule has 0 spiro atoms. The van der Waals surface area contributed by atoms with Gasteiger partial charge >= 0.3 is 23.9 Å². The van der Waals surface area contributed by atoms with Gasteiger partial charge in [0.15, 0.2) is 0 Å². The molecule has 8 heteroatoms. The highest BCUT2D eigenvalue weighted by atomic mass is 16.4. The molecule has 2 unspecified atom stereocenters. The lowest BCUT2D eigenvalue weighted by Gasteiger charge is -2.47. The topological polar surface area (TPSA) is 149 Å².